The minimum Gasteiger partial charge on any atom is -0.388 e. The quantitative estimate of drug-likeness (QED) is 0.854. The molecule has 1 N–H and O–H groups in total. The molecule has 0 amide bonds. The lowest BCUT2D eigenvalue weighted by molar-refractivity contribution is 0.136. The monoisotopic (exact) mass is 272 g/mol. The minimum atomic E-state index is -0.472. The molecule has 0 saturated heterocycles. The Balaban J connectivity index is 1.95. The van der Waals surface area contributed by atoms with Crippen LogP contribution in [0, 0.1) is 0 Å². The van der Waals surface area contributed by atoms with Gasteiger partial charge in [-0.1, -0.05) is 48.0 Å². The summed E-state index contributed by atoms with van der Waals surface area (Å²) in [5.74, 6) is 0.184. The van der Waals surface area contributed by atoms with Crippen molar-refractivity contribution in [1.82, 2.24) is 0 Å². The average molecular weight is 273 g/mol. The normalized spacial score (nSPS) is 19.8. The Morgan fingerprint density at radius 2 is 1.95 bits per heavy atom. The number of aliphatic hydroxyl groups is 1. The van der Waals surface area contributed by atoms with Gasteiger partial charge in [0.2, 0.25) is 0 Å². The lowest BCUT2D eigenvalue weighted by Gasteiger charge is -2.29. The van der Waals surface area contributed by atoms with Gasteiger partial charge in [-0.3, -0.25) is 0 Å². The highest BCUT2D eigenvalue weighted by atomic mass is 35.5. The van der Waals surface area contributed by atoms with Gasteiger partial charge in [-0.05, 0) is 48.1 Å². The summed E-state index contributed by atoms with van der Waals surface area (Å²) in [7, 11) is 0. The zero-order valence-corrected chi connectivity index (χ0v) is 11.5. The number of aryl methyl sites for hydroxylation is 1. The fourth-order valence-electron chi connectivity index (χ4n) is 3.04. The van der Waals surface area contributed by atoms with Gasteiger partial charge in [0.15, 0.2) is 0 Å². The number of benzene rings is 2. The van der Waals surface area contributed by atoms with E-state index in [1.807, 2.05) is 24.3 Å². The molecular weight excluding hydrogens is 256 g/mol. The predicted molar refractivity (Wildman–Crippen MR) is 78.5 cm³/mol. The summed E-state index contributed by atoms with van der Waals surface area (Å²) in [6, 6.07) is 16.0. The largest absolute Gasteiger partial charge is 0.388 e. The molecule has 0 aromatic heterocycles. The Kier molecular flexibility index (Phi) is 3.58. The molecule has 19 heavy (non-hydrogen) atoms. The van der Waals surface area contributed by atoms with E-state index in [1.54, 1.807) is 0 Å². The van der Waals surface area contributed by atoms with Crippen molar-refractivity contribution in [3.05, 3.63) is 70.2 Å². The van der Waals surface area contributed by atoms with Crippen molar-refractivity contribution < 1.29 is 5.11 Å². The van der Waals surface area contributed by atoms with Crippen LogP contribution in [0.3, 0.4) is 0 Å². The number of fused-ring (bicyclic) bond motifs is 1. The van der Waals surface area contributed by atoms with Gasteiger partial charge in [0, 0.05) is 10.9 Å². The summed E-state index contributed by atoms with van der Waals surface area (Å²) in [5.41, 5.74) is 3.58. The van der Waals surface area contributed by atoms with Crippen molar-refractivity contribution in [2.45, 2.75) is 31.3 Å². The van der Waals surface area contributed by atoms with Crippen LogP contribution in [0.4, 0.5) is 0 Å². The Morgan fingerprint density at radius 1 is 1.11 bits per heavy atom. The Bertz CT molecular complexity index is 579. The third kappa shape index (κ3) is 2.54. The molecule has 1 aliphatic carbocycles. The number of hydrogen-bond acceptors (Lipinski definition) is 1. The van der Waals surface area contributed by atoms with Crippen molar-refractivity contribution in [2.75, 3.05) is 0 Å². The SMILES string of the molecule is OC(c1cccc(Cl)c1)C1CCCc2ccccc21. The standard InChI is InChI=1S/C17H17ClO/c18-14-8-3-7-13(11-14)17(19)16-10-4-6-12-5-1-2-9-15(12)16/h1-3,5,7-9,11,16-17,19H,4,6,10H2. The molecule has 1 aliphatic rings. The van der Waals surface area contributed by atoms with Crippen LogP contribution in [-0.4, -0.2) is 5.11 Å². The van der Waals surface area contributed by atoms with Gasteiger partial charge in [-0.15, -0.1) is 0 Å². The molecule has 0 spiro atoms. The van der Waals surface area contributed by atoms with Crippen LogP contribution in [0.15, 0.2) is 48.5 Å². The van der Waals surface area contributed by atoms with Gasteiger partial charge in [0.25, 0.3) is 0 Å². The second-order valence-corrected chi connectivity index (χ2v) is 5.63. The number of halogens is 1. The van der Waals surface area contributed by atoms with Gasteiger partial charge in [0.1, 0.15) is 0 Å². The Morgan fingerprint density at radius 3 is 2.79 bits per heavy atom. The smallest absolute Gasteiger partial charge is 0.0859 e. The maximum atomic E-state index is 10.7. The van der Waals surface area contributed by atoms with Crippen LogP contribution < -0.4 is 0 Å². The molecule has 0 radical (unpaired) electrons. The van der Waals surface area contributed by atoms with Crippen molar-refractivity contribution >= 4 is 11.6 Å². The molecule has 0 fully saturated rings. The molecule has 98 valence electrons. The fraction of sp³-hybridized carbons (Fsp3) is 0.294. The van der Waals surface area contributed by atoms with Gasteiger partial charge in [0.05, 0.1) is 6.10 Å². The first-order valence-corrected chi connectivity index (χ1v) is 7.15. The number of aliphatic hydroxyl groups excluding tert-OH is 1. The molecular formula is C17H17ClO. The van der Waals surface area contributed by atoms with Crippen molar-refractivity contribution in [1.29, 1.82) is 0 Å². The van der Waals surface area contributed by atoms with E-state index in [0.717, 1.165) is 24.8 Å². The van der Waals surface area contributed by atoms with E-state index in [1.165, 1.54) is 11.1 Å². The van der Waals surface area contributed by atoms with E-state index in [9.17, 15) is 5.11 Å². The molecule has 2 unspecified atom stereocenters. The molecule has 1 nitrogen and oxygen atoms in total. The first-order chi connectivity index (χ1) is 9.25. The summed E-state index contributed by atoms with van der Waals surface area (Å²) in [6.07, 6.45) is 2.82. The van der Waals surface area contributed by atoms with E-state index in [4.69, 9.17) is 11.6 Å². The zero-order chi connectivity index (χ0) is 13.2. The molecule has 3 rings (SSSR count). The van der Waals surface area contributed by atoms with Crippen LogP contribution in [-0.2, 0) is 6.42 Å². The van der Waals surface area contributed by atoms with Crippen LogP contribution in [0.25, 0.3) is 0 Å². The van der Waals surface area contributed by atoms with E-state index in [2.05, 4.69) is 24.3 Å². The fourth-order valence-corrected chi connectivity index (χ4v) is 3.24. The molecule has 2 heteroatoms. The molecule has 2 aromatic carbocycles. The maximum Gasteiger partial charge on any atom is 0.0859 e. The highest BCUT2D eigenvalue weighted by Crippen LogP contribution is 2.40. The van der Waals surface area contributed by atoms with Crippen LogP contribution in [0.2, 0.25) is 5.02 Å². The minimum absolute atomic E-state index is 0.184. The molecule has 0 aliphatic heterocycles. The summed E-state index contributed by atoms with van der Waals surface area (Å²) in [5, 5.41) is 11.3. The third-order valence-corrected chi connectivity index (χ3v) is 4.22. The summed E-state index contributed by atoms with van der Waals surface area (Å²) in [6.45, 7) is 0. The second-order valence-electron chi connectivity index (χ2n) is 5.20. The third-order valence-electron chi connectivity index (χ3n) is 3.99. The van der Waals surface area contributed by atoms with Gasteiger partial charge in [-0.2, -0.15) is 0 Å². The zero-order valence-electron chi connectivity index (χ0n) is 10.7. The summed E-state index contributed by atoms with van der Waals surface area (Å²) < 4.78 is 0. The van der Waals surface area contributed by atoms with Gasteiger partial charge < -0.3 is 5.11 Å². The highest BCUT2D eigenvalue weighted by Gasteiger charge is 2.27. The first kappa shape index (κ1) is 12.7. The number of rotatable bonds is 2. The maximum absolute atomic E-state index is 10.7. The van der Waals surface area contributed by atoms with E-state index in [-0.39, 0.29) is 5.92 Å². The number of hydrogen-bond donors (Lipinski definition) is 1. The summed E-state index contributed by atoms with van der Waals surface area (Å²) in [4.78, 5) is 0. The van der Waals surface area contributed by atoms with Crippen molar-refractivity contribution in [2.24, 2.45) is 0 Å². The first-order valence-electron chi connectivity index (χ1n) is 6.77. The molecule has 0 saturated carbocycles. The van der Waals surface area contributed by atoms with E-state index < -0.39 is 6.10 Å². The van der Waals surface area contributed by atoms with Crippen LogP contribution in [0.1, 0.15) is 41.6 Å². The Hall–Kier alpha value is -1.31. The van der Waals surface area contributed by atoms with Crippen LogP contribution >= 0.6 is 11.6 Å². The van der Waals surface area contributed by atoms with Crippen LogP contribution in [0.5, 0.6) is 0 Å². The highest BCUT2D eigenvalue weighted by molar-refractivity contribution is 6.30. The van der Waals surface area contributed by atoms with Gasteiger partial charge >= 0.3 is 0 Å². The lowest BCUT2D eigenvalue weighted by Crippen LogP contribution is -2.17. The lowest BCUT2D eigenvalue weighted by atomic mass is 9.78. The molecule has 2 aromatic rings. The molecule has 0 bridgehead atoms. The van der Waals surface area contributed by atoms with E-state index in [0.29, 0.717) is 5.02 Å². The molecule has 2 atom stereocenters. The summed E-state index contributed by atoms with van der Waals surface area (Å²) >= 11 is 6.02. The predicted octanol–water partition coefficient (Wildman–Crippen LogP) is 4.49. The Labute approximate surface area is 118 Å². The topological polar surface area (TPSA) is 20.2 Å². The molecule has 0 heterocycles. The van der Waals surface area contributed by atoms with Crippen molar-refractivity contribution in [3.8, 4) is 0 Å². The average Bonchev–Trinajstić information content (AvgIpc) is 2.46. The van der Waals surface area contributed by atoms with Gasteiger partial charge in [-0.25, -0.2) is 0 Å². The second kappa shape index (κ2) is 5.36. The van der Waals surface area contributed by atoms with E-state index >= 15 is 0 Å². The van der Waals surface area contributed by atoms with Crippen molar-refractivity contribution in [3.63, 3.8) is 0 Å².